The topological polar surface area (TPSA) is 27.3 Å². The van der Waals surface area contributed by atoms with Gasteiger partial charge >= 0.3 is 0 Å². The average molecular weight is 291 g/mol. The Morgan fingerprint density at radius 2 is 1.90 bits per heavy atom. The summed E-state index contributed by atoms with van der Waals surface area (Å²) >= 11 is 0. The molecule has 4 aliphatic rings. The van der Waals surface area contributed by atoms with Gasteiger partial charge in [0.1, 0.15) is 0 Å². The highest BCUT2D eigenvalue weighted by atomic mass is 15.4. The molecule has 0 aromatic carbocycles. The Kier molecular flexibility index (Phi) is 4.01. The van der Waals surface area contributed by atoms with Crippen molar-refractivity contribution in [3.63, 3.8) is 0 Å². The van der Waals surface area contributed by atoms with Gasteiger partial charge in [-0.2, -0.15) is 0 Å². The Labute approximate surface area is 130 Å². The van der Waals surface area contributed by atoms with Crippen molar-refractivity contribution in [3.8, 4) is 0 Å². The zero-order valence-corrected chi connectivity index (χ0v) is 13.9. The number of fused-ring (bicyclic) bond motifs is 5. The first-order valence-corrected chi connectivity index (χ1v) is 9.48. The van der Waals surface area contributed by atoms with E-state index >= 15 is 0 Å². The van der Waals surface area contributed by atoms with Gasteiger partial charge in [0.15, 0.2) is 0 Å². The van der Waals surface area contributed by atoms with Gasteiger partial charge in [-0.1, -0.05) is 13.3 Å². The highest BCUT2D eigenvalue weighted by molar-refractivity contribution is 5.05. The van der Waals surface area contributed by atoms with Gasteiger partial charge in [-0.15, -0.1) is 0 Å². The Hall–Kier alpha value is -0.120. The second kappa shape index (κ2) is 5.82. The first-order chi connectivity index (χ1) is 10.3. The Bertz CT molecular complexity index is 371. The molecule has 21 heavy (non-hydrogen) atoms. The highest BCUT2D eigenvalue weighted by Crippen LogP contribution is 2.49. The van der Waals surface area contributed by atoms with Crippen LogP contribution in [-0.4, -0.2) is 42.8 Å². The quantitative estimate of drug-likeness (QED) is 0.836. The second-order valence-electron chi connectivity index (χ2n) is 8.26. The summed E-state index contributed by atoms with van der Waals surface area (Å²) < 4.78 is 0. The molecule has 7 unspecified atom stereocenters. The summed E-state index contributed by atoms with van der Waals surface area (Å²) in [5, 5.41) is 7.62. The molecule has 2 N–H and O–H groups in total. The lowest BCUT2D eigenvalue weighted by Crippen LogP contribution is -2.53. The van der Waals surface area contributed by atoms with Crippen molar-refractivity contribution in [2.45, 2.75) is 70.6 Å². The van der Waals surface area contributed by atoms with Crippen LogP contribution >= 0.6 is 0 Å². The zero-order valence-electron chi connectivity index (χ0n) is 13.9. The Morgan fingerprint density at radius 3 is 2.76 bits per heavy atom. The number of rotatable bonds is 3. The fourth-order valence-corrected chi connectivity index (χ4v) is 6.08. The van der Waals surface area contributed by atoms with E-state index in [4.69, 9.17) is 0 Å². The zero-order chi connectivity index (χ0) is 14.4. The average Bonchev–Trinajstić information content (AvgIpc) is 2.78. The first kappa shape index (κ1) is 14.5. The van der Waals surface area contributed by atoms with Crippen molar-refractivity contribution in [1.29, 1.82) is 0 Å². The number of piperidine rings is 1. The molecule has 3 heteroatoms. The van der Waals surface area contributed by atoms with Crippen molar-refractivity contribution >= 4 is 0 Å². The van der Waals surface area contributed by atoms with Gasteiger partial charge < -0.3 is 5.32 Å². The summed E-state index contributed by atoms with van der Waals surface area (Å²) in [4.78, 5) is 2.80. The third kappa shape index (κ3) is 2.55. The summed E-state index contributed by atoms with van der Waals surface area (Å²) in [6.45, 7) is 8.60. The number of nitrogens with one attached hydrogen (secondary N) is 2. The van der Waals surface area contributed by atoms with E-state index in [2.05, 4.69) is 29.4 Å². The van der Waals surface area contributed by atoms with Gasteiger partial charge in [0.2, 0.25) is 0 Å². The number of nitrogens with zero attached hydrogens (tertiary/aromatic N) is 1. The second-order valence-corrected chi connectivity index (χ2v) is 8.26. The maximum Gasteiger partial charge on any atom is 0.0573 e. The van der Waals surface area contributed by atoms with Gasteiger partial charge in [0, 0.05) is 12.1 Å². The molecule has 2 aliphatic heterocycles. The lowest BCUT2D eigenvalue weighted by atomic mass is 9.59. The molecule has 2 saturated carbocycles. The Morgan fingerprint density at radius 1 is 1.05 bits per heavy atom. The van der Waals surface area contributed by atoms with Gasteiger partial charge in [-0.05, 0) is 82.3 Å². The standard InChI is InChI=1S/C18H33N3/c1-3-4-5-21-12(2)20-17-9-16-14(8-18(17)21)6-13-7-15(16)11-19-10-13/h12-20H,3-11H2,1-2H3. The predicted octanol–water partition coefficient (Wildman–Crippen LogP) is 2.43. The third-order valence-electron chi connectivity index (χ3n) is 7.01. The fraction of sp³-hybridized carbons (Fsp3) is 1.00. The van der Waals surface area contributed by atoms with Gasteiger partial charge in [-0.3, -0.25) is 10.2 Å². The van der Waals surface area contributed by atoms with Crippen LogP contribution in [-0.2, 0) is 0 Å². The third-order valence-corrected chi connectivity index (χ3v) is 7.01. The van der Waals surface area contributed by atoms with Crippen LogP contribution in [0, 0.1) is 23.7 Å². The molecule has 2 heterocycles. The number of unbranched alkanes of at least 4 members (excludes halogenated alkanes) is 1. The maximum atomic E-state index is 3.93. The van der Waals surface area contributed by atoms with Crippen LogP contribution in [0.25, 0.3) is 0 Å². The van der Waals surface area contributed by atoms with E-state index in [1.165, 1.54) is 58.2 Å². The molecule has 2 aliphatic carbocycles. The summed E-state index contributed by atoms with van der Waals surface area (Å²) in [5.74, 6) is 3.98. The van der Waals surface area contributed by atoms with E-state index < -0.39 is 0 Å². The SMILES string of the molecule is CCCCN1C(C)NC2CC3C4CNCC(C4)CC3CC21. The molecule has 0 radical (unpaired) electrons. The molecule has 2 bridgehead atoms. The van der Waals surface area contributed by atoms with E-state index in [9.17, 15) is 0 Å². The molecule has 4 rings (SSSR count). The van der Waals surface area contributed by atoms with Crippen molar-refractivity contribution in [3.05, 3.63) is 0 Å². The molecule has 3 nitrogen and oxygen atoms in total. The molecule has 2 saturated heterocycles. The predicted molar refractivity (Wildman–Crippen MR) is 87.1 cm³/mol. The molecule has 0 aromatic heterocycles. The van der Waals surface area contributed by atoms with Gasteiger partial charge in [-0.25, -0.2) is 0 Å². The summed E-state index contributed by atoms with van der Waals surface area (Å²) in [7, 11) is 0. The van der Waals surface area contributed by atoms with Crippen LogP contribution in [0.5, 0.6) is 0 Å². The van der Waals surface area contributed by atoms with Crippen molar-refractivity contribution in [2.24, 2.45) is 23.7 Å². The lowest BCUT2D eigenvalue weighted by Gasteiger charge is -2.51. The van der Waals surface area contributed by atoms with Crippen LogP contribution < -0.4 is 10.6 Å². The molecular weight excluding hydrogens is 258 g/mol. The molecule has 7 atom stereocenters. The summed E-state index contributed by atoms with van der Waals surface area (Å²) in [6.07, 6.45) is 9.23. The molecule has 0 aromatic rings. The minimum Gasteiger partial charge on any atom is -0.316 e. The van der Waals surface area contributed by atoms with E-state index in [0.717, 1.165) is 35.8 Å². The fourth-order valence-electron chi connectivity index (χ4n) is 6.08. The molecule has 120 valence electrons. The van der Waals surface area contributed by atoms with Crippen molar-refractivity contribution < 1.29 is 0 Å². The van der Waals surface area contributed by atoms with Crippen molar-refractivity contribution in [1.82, 2.24) is 15.5 Å². The van der Waals surface area contributed by atoms with Gasteiger partial charge in [0.25, 0.3) is 0 Å². The van der Waals surface area contributed by atoms with Crippen LogP contribution in [0.1, 0.15) is 52.4 Å². The summed E-state index contributed by atoms with van der Waals surface area (Å²) in [5.41, 5.74) is 0. The molecular formula is C18H33N3. The first-order valence-electron chi connectivity index (χ1n) is 9.48. The largest absolute Gasteiger partial charge is 0.316 e. The van der Waals surface area contributed by atoms with Crippen LogP contribution in [0.3, 0.4) is 0 Å². The Balaban J connectivity index is 1.48. The summed E-state index contributed by atoms with van der Waals surface area (Å²) in [6, 6.07) is 1.61. The van der Waals surface area contributed by atoms with Gasteiger partial charge in [0.05, 0.1) is 6.17 Å². The molecule has 0 spiro atoms. The van der Waals surface area contributed by atoms with Crippen LogP contribution in [0.4, 0.5) is 0 Å². The van der Waals surface area contributed by atoms with E-state index in [0.29, 0.717) is 6.17 Å². The maximum absolute atomic E-state index is 3.93. The van der Waals surface area contributed by atoms with Crippen molar-refractivity contribution in [2.75, 3.05) is 19.6 Å². The van der Waals surface area contributed by atoms with E-state index in [-0.39, 0.29) is 0 Å². The van der Waals surface area contributed by atoms with E-state index in [1.54, 1.807) is 0 Å². The van der Waals surface area contributed by atoms with Crippen LogP contribution in [0.15, 0.2) is 0 Å². The highest BCUT2D eigenvalue weighted by Gasteiger charge is 2.50. The number of hydrogen-bond donors (Lipinski definition) is 2. The minimum atomic E-state index is 0.601. The smallest absolute Gasteiger partial charge is 0.0573 e. The normalized spacial score (nSPS) is 49.7. The lowest BCUT2D eigenvalue weighted by molar-refractivity contribution is 0.0124. The number of hydrogen-bond acceptors (Lipinski definition) is 3. The van der Waals surface area contributed by atoms with E-state index in [1.807, 2.05) is 0 Å². The monoisotopic (exact) mass is 291 g/mol. The molecule has 4 fully saturated rings. The minimum absolute atomic E-state index is 0.601. The van der Waals surface area contributed by atoms with Crippen LogP contribution in [0.2, 0.25) is 0 Å². The molecule has 0 amide bonds.